The summed E-state index contributed by atoms with van der Waals surface area (Å²) >= 11 is 0. The Labute approximate surface area is 380 Å². The van der Waals surface area contributed by atoms with Crippen molar-refractivity contribution in [1.29, 1.82) is 0 Å². The first-order chi connectivity index (χ1) is 31.4. The average Bonchev–Trinajstić information content (AvgIpc) is 3.77. The molecule has 1 fully saturated rings. The van der Waals surface area contributed by atoms with Gasteiger partial charge >= 0.3 is 5.69 Å². The second-order valence-electron chi connectivity index (χ2n) is 17.9. The van der Waals surface area contributed by atoms with Gasteiger partial charge in [0.15, 0.2) is 5.78 Å². The van der Waals surface area contributed by atoms with Gasteiger partial charge in [-0.2, -0.15) is 0 Å². The van der Waals surface area contributed by atoms with Gasteiger partial charge in [-0.25, -0.2) is 4.79 Å². The number of anilines is 1. The third-order valence-electron chi connectivity index (χ3n) is 13.3. The Morgan fingerprint density at radius 1 is 0.831 bits per heavy atom. The Kier molecular flexibility index (Phi) is 16.2. The molecule has 4 aromatic rings. The van der Waals surface area contributed by atoms with Crippen molar-refractivity contribution in [3.63, 3.8) is 0 Å². The van der Waals surface area contributed by atoms with Gasteiger partial charge in [-0.05, 0) is 111 Å². The Morgan fingerprint density at radius 3 is 2.23 bits per heavy atom. The van der Waals surface area contributed by atoms with E-state index in [9.17, 15) is 28.8 Å². The maximum absolute atomic E-state index is 14.0. The molecule has 3 aromatic carbocycles. The number of piperidine rings is 1. The largest absolute Gasteiger partial charge is 0.381 e. The van der Waals surface area contributed by atoms with E-state index < -0.39 is 29.9 Å². The van der Waals surface area contributed by atoms with Crippen LogP contribution in [0.3, 0.4) is 0 Å². The number of fused-ring (bicyclic) bond motifs is 1. The lowest BCUT2D eigenvalue weighted by molar-refractivity contribution is -0.135. The number of amides is 4. The van der Waals surface area contributed by atoms with Gasteiger partial charge in [0, 0.05) is 59.2 Å². The van der Waals surface area contributed by atoms with Crippen molar-refractivity contribution >= 4 is 46.1 Å². The molecule has 65 heavy (non-hydrogen) atoms. The number of nitrogens with one attached hydrogen (secondary N) is 1. The first-order valence-corrected chi connectivity index (χ1v) is 23.3. The summed E-state index contributed by atoms with van der Waals surface area (Å²) in [6.07, 6.45) is 7.69. The normalized spacial score (nSPS) is 19.3. The number of ether oxygens (including phenoxy) is 3. The van der Waals surface area contributed by atoms with Crippen LogP contribution in [0.15, 0.2) is 65.5 Å². The molecule has 1 saturated heterocycles. The van der Waals surface area contributed by atoms with Crippen molar-refractivity contribution in [1.82, 2.24) is 14.5 Å². The highest BCUT2D eigenvalue weighted by Gasteiger charge is 2.43. The Hall–Kier alpha value is -5.48. The maximum Gasteiger partial charge on any atom is 0.329 e. The number of imidazole rings is 1. The molecule has 7 rings (SSSR count). The number of aryl methyl sites for hydroxylation is 4. The van der Waals surface area contributed by atoms with Gasteiger partial charge < -0.3 is 25.7 Å². The number of hydrogen-bond acceptors (Lipinski definition) is 10. The molecular formula is C50H64N6O9. The fraction of sp³-hybridized carbons (Fsp3) is 0.520. The van der Waals surface area contributed by atoms with Crippen molar-refractivity contribution in [2.75, 3.05) is 31.3 Å². The zero-order valence-corrected chi connectivity index (χ0v) is 37.8. The molecule has 1 aromatic heterocycles. The van der Waals surface area contributed by atoms with E-state index in [-0.39, 0.29) is 54.6 Å². The van der Waals surface area contributed by atoms with E-state index in [4.69, 9.17) is 25.7 Å². The number of primary amides is 1. The zero-order chi connectivity index (χ0) is 46.0. The van der Waals surface area contributed by atoms with Crippen LogP contribution in [0.25, 0.3) is 11.0 Å². The van der Waals surface area contributed by atoms with Crippen LogP contribution in [0.2, 0.25) is 0 Å². The number of aromatic nitrogens is 2. The van der Waals surface area contributed by atoms with Crippen molar-refractivity contribution in [3.8, 4) is 0 Å². The Bertz CT molecular complexity index is 2410. The van der Waals surface area contributed by atoms with E-state index in [2.05, 4.69) is 29.6 Å². The number of Topliss-reactive ketones (excluding diaryl/α,β-unsaturated/α-hetero) is 1. The van der Waals surface area contributed by atoms with Gasteiger partial charge in [0.25, 0.3) is 0 Å². The summed E-state index contributed by atoms with van der Waals surface area (Å²) in [7, 11) is 1.72. The quantitative estimate of drug-likeness (QED) is 0.0655. The summed E-state index contributed by atoms with van der Waals surface area (Å²) in [6, 6.07) is 18.0. The van der Waals surface area contributed by atoms with Crippen molar-refractivity contribution in [3.05, 3.63) is 99.0 Å². The molecule has 4 heterocycles. The molecule has 5 atom stereocenters. The number of nitrogens with zero attached hydrogens (tertiary/aromatic N) is 3. The minimum atomic E-state index is -0.703. The number of para-hydroxylation sites is 2. The van der Waals surface area contributed by atoms with Crippen LogP contribution >= 0.6 is 0 Å². The van der Waals surface area contributed by atoms with Crippen LogP contribution in [0.1, 0.15) is 105 Å². The smallest absolute Gasteiger partial charge is 0.329 e. The molecular weight excluding hydrogens is 829 g/mol. The summed E-state index contributed by atoms with van der Waals surface area (Å²) in [4.78, 5) is 78.2. The van der Waals surface area contributed by atoms with Gasteiger partial charge in [-0.1, -0.05) is 54.6 Å². The molecule has 15 heteroatoms. The van der Waals surface area contributed by atoms with Crippen LogP contribution in [0, 0.1) is 5.92 Å². The summed E-state index contributed by atoms with van der Waals surface area (Å²) in [5, 5.41) is 2.36. The summed E-state index contributed by atoms with van der Waals surface area (Å²) in [5.74, 6) is -1.70. The fourth-order valence-corrected chi connectivity index (χ4v) is 9.61. The molecule has 0 aliphatic carbocycles. The van der Waals surface area contributed by atoms with Gasteiger partial charge in [-0.3, -0.25) is 43.3 Å². The molecule has 15 nitrogen and oxygen atoms in total. The molecule has 0 saturated carbocycles. The van der Waals surface area contributed by atoms with E-state index in [1.807, 2.05) is 43.3 Å². The topological polar surface area (TPSA) is 207 Å². The van der Waals surface area contributed by atoms with Crippen molar-refractivity contribution in [2.45, 2.75) is 128 Å². The second-order valence-corrected chi connectivity index (χ2v) is 17.9. The summed E-state index contributed by atoms with van der Waals surface area (Å²) in [6.45, 7) is 4.86. The molecule has 348 valence electrons. The third kappa shape index (κ3) is 11.5. The number of ketones is 1. The monoisotopic (exact) mass is 892 g/mol. The van der Waals surface area contributed by atoms with Gasteiger partial charge in [0.1, 0.15) is 6.04 Å². The average molecular weight is 893 g/mol. The Balaban J connectivity index is 0.769. The van der Waals surface area contributed by atoms with Crippen LogP contribution in [-0.4, -0.2) is 83.2 Å². The number of benzene rings is 3. The molecule has 3 aliphatic heterocycles. The fourth-order valence-electron chi connectivity index (χ4n) is 9.61. The number of carbonyl (C=O) groups excluding carboxylic acids is 5. The number of unbranched alkanes of at least 4 members (excludes halogenated alkanes) is 1. The molecule has 1 unspecified atom stereocenters. The molecule has 3 aliphatic rings. The van der Waals surface area contributed by atoms with Crippen molar-refractivity contribution in [2.24, 2.45) is 24.4 Å². The first-order valence-electron chi connectivity index (χ1n) is 23.3. The van der Waals surface area contributed by atoms with Crippen LogP contribution in [0.4, 0.5) is 5.69 Å². The third-order valence-corrected chi connectivity index (χ3v) is 13.3. The maximum atomic E-state index is 14.0. The molecule has 0 radical (unpaired) electrons. The highest BCUT2D eigenvalue weighted by Crippen LogP contribution is 2.40. The number of imide groups is 1. The van der Waals surface area contributed by atoms with E-state index in [1.165, 1.54) is 10.1 Å². The molecule has 4 amide bonds. The van der Waals surface area contributed by atoms with E-state index >= 15 is 0 Å². The van der Waals surface area contributed by atoms with E-state index in [0.717, 1.165) is 72.0 Å². The minimum absolute atomic E-state index is 0.0595. The number of rotatable bonds is 24. The van der Waals surface area contributed by atoms with Gasteiger partial charge in [0.05, 0.1) is 41.5 Å². The number of carbonyl (C=O) groups is 5. The lowest BCUT2D eigenvalue weighted by atomic mass is 9.89. The van der Waals surface area contributed by atoms with Crippen molar-refractivity contribution < 1.29 is 38.2 Å². The lowest BCUT2D eigenvalue weighted by Crippen LogP contribution is -2.50. The van der Waals surface area contributed by atoms with Crippen LogP contribution < -0.4 is 27.4 Å². The van der Waals surface area contributed by atoms with E-state index in [1.54, 1.807) is 16.5 Å². The first kappa shape index (κ1) is 47.5. The zero-order valence-electron chi connectivity index (χ0n) is 37.8. The molecule has 5 N–H and O–H groups in total. The molecule has 0 bridgehead atoms. The SMILES string of the molecule is C[C@@H](OCc1ccc(CCCOCCCCOCCCc2cccc3c2n(C)c(=O)n3C2CCC(=O)NC2=O)cc1)[C@H](CCC(N)=O)CC(=O)[C@@H]1Cc2cccc3c2N1C(=O)[C@@H](N)CC3. The Morgan fingerprint density at radius 2 is 1.51 bits per heavy atom. The number of hydrogen-bond donors (Lipinski definition) is 3. The lowest BCUT2D eigenvalue weighted by Gasteiger charge is -2.29. The molecule has 0 spiro atoms. The van der Waals surface area contributed by atoms with Crippen LogP contribution in [-0.2, 0) is 77.5 Å². The highest BCUT2D eigenvalue weighted by molar-refractivity contribution is 6.07. The standard InChI is InChI=1S/C50H64N6O9/c1-32(37(20-23-44(52)58)30-43(57)42-29-38-12-5-10-36-19-21-39(51)49(61)56(42)46(36)38)65-31-34-17-15-33(16-18-34)9-7-27-63-25-3-4-26-64-28-8-13-35-11-6-14-40-47(35)54(2)50(62)55(40)41-22-24-45(59)53-48(41)60/h5-6,10-12,14-18,32,37,39,41-42H,3-4,7-9,13,19-31,51H2,1-2H3,(H2,52,58)(H,53,59,60)/t32-,37-,39+,41?,42+/m1/s1. The number of nitrogens with two attached hydrogens (primary N) is 2. The van der Waals surface area contributed by atoms with E-state index in [0.29, 0.717) is 70.7 Å². The highest BCUT2D eigenvalue weighted by atomic mass is 16.5. The van der Waals surface area contributed by atoms with Crippen LogP contribution in [0.5, 0.6) is 0 Å². The summed E-state index contributed by atoms with van der Waals surface area (Å²) < 4.78 is 21.2. The van der Waals surface area contributed by atoms with Gasteiger partial charge in [-0.15, -0.1) is 0 Å². The minimum Gasteiger partial charge on any atom is -0.381 e. The van der Waals surface area contributed by atoms with Gasteiger partial charge in [0.2, 0.25) is 23.6 Å². The second kappa shape index (κ2) is 22.1. The predicted octanol–water partition coefficient (Wildman–Crippen LogP) is 4.67. The predicted molar refractivity (Wildman–Crippen MR) is 246 cm³/mol. The summed E-state index contributed by atoms with van der Waals surface area (Å²) in [5.41, 5.74) is 19.1.